The number of rotatable bonds is 3. The zero-order valence-electron chi connectivity index (χ0n) is 18.0. The summed E-state index contributed by atoms with van der Waals surface area (Å²) < 4.78 is 39.5. The number of hydrogen-bond donors (Lipinski definition) is 1. The van der Waals surface area contributed by atoms with Crippen LogP contribution in [-0.4, -0.2) is 44.5 Å². The van der Waals surface area contributed by atoms with Crippen molar-refractivity contribution in [3.8, 4) is 5.75 Å². The fourth-order valence-electron chi connectivity index (χ4n) is 4.07. The van der Waals surface area contributed by atoms with Gasteiger partial charge in [0, 0.05) is 20.0 Å². The molecule has 2 aromatic rings. The fraction of sp³-hybridized carbons (Fsp3) is 0.391. The molecule has 0 aliphatic carbocycles. The average molecular weight is 459 g/mol. The smallest absolute Gasteiger partial charge is 0.309 e. The highest BCUT2D eigenvalue weighted by molar-refractivity contribution is 7.89. The van der Waals surface area contributed by atoms with Crippen LogP contribution in [0, 0.1) is 6.92 Å². The Morgan fingerprint density at radius 3 is 2.75 bits per heavy atom. The van der Waals surface area contributed by atoms with Gasteiger partial charge in [0.15, 0.2) is 0 Å². The summed E-state index contributed by atoms with van der Waals surface area (Å²) in [5.74, 6) is -0.688. The summed E-state index contributed by atoms with van der Waals surface area (Å²) in [6.45, 7) is 1.93. The second-order valence-corrected chi connectivity index (χ2v) is 9.99. The van der Waals surface area contributed by atoms with Crippen LogP contribution in [0.25, 0.3) is 0 Å². The van der Waals surface area contributed by atoms with Crippen molar-refractivity contribution in [2.75, 3.05) is 13.6 Å². The van der Waals surface area contributed by atoms with Crippen molar-refractivity contribution in [2.24, 2.45) is 0 Å². The number of ether oxygens (including phenoxy) is 2. The fourth-order valence-corrected chi connectivity index (χ4v) is 5.60. The number of nitrogens with one attached hydrogen (secondary N) is 1. The molecule has 2 aliphatic heterocycles. The van der Waals surface area contributed by atoms with Crippen molar-refractivity contribution in [2.45, 2.75) is 49.8 Å². The number of aryl methyl sites for hydroxylation is 1. The summed E-state index contributed by atoms with van der Waals surface area (Å²) in [4.78, 5) is 24.7. The van der Waals surface area contributed by atoms with E-state index in [0.717, 1.165) is 16.7 Å². The van der Waals surface area contributed by atoms with Crippen LogP contribution in [0.5, 0.6) is 5.75 Å². The lowest BCUT2D eigenvalue weighted by Crippen LogP contribution is -2.39. The van der Waals surface area contributed by atoms with Gasteiger partial charge < -0.3 is 14.8 Å². The molecular formula is C23H26N2O6S. The summed E-state index contributed by atoms with van der Waals surface area (Å²) in [5.41, 5.74) is 2.65. The minimum Gasteiger partial charge on any atom is -0.452 e. The Balaban J connectivity index is 1.77. The molecule has 3 atom stereocenters. The van der Waals surface area contributed by atoms with E-state index in [1.165, 1.54) is 10.4 Å². The molecule has 0 spiro atoms. The molecule has 3 unspecified atom stereocenters. The largest absolute Gasteiger partial charge is 0.452 e. The van der Waals surface area contributed by atoms with Gasteiger partial charge in [-0.05, 0) is 48.1 Å². The molecule has 1 N–H and O–H groups in total. The van der Waals surface area contributed by atoms with E-state index in [2.05, 4.69) is 5.32 Å². The van der Waals surface area contributed by atoms with E-state index in [9.17, 15) is 18.0 Å². The first-order valence-corrected chi connectivity index (χ1v) is 12.0. The molecule has 2 aromatic carbocycles. The van der Waals surface area contributed by atoms with Gasteiger partial charge >= 0.3 is 5.97 Å². The lowest BCUT2D eigenvalue weighted by atomic mass is 9.89. The summed E-state index contributed by atoms with van der Waals surface area (Å²) in [6.07, 6.45) is -0.273. The van der Waals surface area contributed by atoms with Gasteiger partial charge in [-0.25, -0.2) is 8.42 Å². The third kappa shape index (κ3) is 4.49. The first-order valence-electron chi connectivity index (χ1n) is 10.5. The van der Waals surface area contributed by atoms with E-state index in [1.54, 1.807) is 25.2 Å². The van der Waals surface area contributed by atoms with Crippen molar-refractivity contribution in [3.63, 3.8) is 0 Å². The summed E-state index contributed by atoms with van der Waals surface area (Å²) in [5, 5.41) is 2.60. The van der Waals surface area contributed by atoms with Crippen molar-refractivity contribution in [1.82, 2.24) is 9.62 Å². The molecule has 170 valence electrons. The standard InChI is InChI=1S/C23H26N2O6S/c1-15-7-8-16-11-18(15)13-25-14-23(30-19-5-3-4-6-20(19)32(25,28)29)31-22(27)12-17(16)9-10-21(26)24-2/h3-8,11,17,23H,9-10,12-14H2,1-2H3,(H,24,26). The molecule has 1 amide bonds. The molecule has 0 fully saturated rings. The zero-order valence-corrected chi connectivity index (χ0v) is 18.9. The van der Waals surface area contributed by atoms with E-state index < -0.39 is 22.3 Å². The van der Waals surface area contributed by atoms with Crippen LogP contribution < -0.4 is 10.1 Å². The van der Waals surface area contributed by atoms with Gasteiger partial charge in [-0.1, -0.05) is 30.3 Å². The molecular weight excluding hydrogens is 432 g/mol. The van der Waals surface area contributed by atoms with Crippen molar-refractivity contribution in [3.05, 3.63) is 59.2 Å². The molecule has 8 nitrogen and oxygen atoms in total. The Labute approximate surface area is 187 Å². The van der Waals surface area contributed by atoms with E-state index in [4.69, 9.17) is 9.47 Å². The van der Waals surface area contributed by atoms with Gasteiger partial charge in [0.05, 0.1) is 13.0 Å². The van der Waals surface area contributed by atoms with Gasteiger partial charge in [0.1, 0.15) is 10.6 Å². The van der Waals surface area contributed by atoms with Gasteiger partial charge in [-0.2, -0.15) is 4.31 Å². The number of para-hydroxylation sites is 1. The third-order valence-corrected chi connectivity index (χ3v) is 7.80. The maximum atomic E-state index is 13.4. The van der Waals surface area contributed by atoms with Crippen LogP contribution in [0.1, 0.15) is 41.9 Å². The maximum Gasteiger partial charge on any atom is 0.309 e. The number of carbonyl (C=O) groups excluding carboxylic acids is 2. The second kappa shape index (κ2) is 8.91. The Morgan fingerprint density at radius 1 is 1.19 bits per heavy atom. The van der Waals surface area contributed by atoms with Gasteiger partial charge in [-0.15, -0.1) is 0 Å². The molecule has 2 heterocycles. The predicted octanol–water partition coefficient (Wildman–Crippen LogP) is 2.46. The molecule has 4 bridgehead atoms. The Morgan fingerprint density at radius 2 is 1.97 bits per heavy atom. The van der Waals surface area contributed by atoms with E-state index >= 15 is 0 Å². The number of fused-ring (bicyclic) bond motifs is 5. The summed E-state index contributed by atoms with van der Waals surface area (Å²) >= 11 is 0. The van der Waals surface area contributed by atoms with E-state index in [1.807, 2.05) is 25.1 Å². The molecule has 2 aliphatic rings. The van der Waals surface area contributed by atoms with Crippen LogP contribution in [0.3, 0.4) is 0 Å². The van der Waals surface area contributed by atoms with Crippen molar-refractivity contribution >= 4 is 21.9 Å². The number of sulfonamides is 1. The maximum absolute atomic E-state index is 13.4. The number of esters is 1. The van der Waals surface area contributed by atoms with Gasteiger partial charge in [0.25, 0.3) is 6.29 Å². The Hall–Kier alpha value is -2.91. The number of nitrogens with zero attached hydrogens (tertiary/aromatic N) is 1. The molecule has 4 rings (SSSR count). The average Bonchev–Trinajstić information content (AvgIpc) is 2.87. The summed E-state index contributed by atoms with van der Waals surface area (Å²) in [6, 6.07) is 12.1. The van der Waals surface area contributed by atoms with Crippen molar-refractivity contribution < 1.29 is 27.5 Å². The molecule has 0 aromatic heterocycles. The lowest BCUT2D eigenvalue weighted by molar-refractivity contribution is -0.165. The van der Waals surface area contributed by atoms with Gasteiger partial charge in [-0.3, -0.25) is 9.59 Å². The molecule has 9 heteroatoms. The van der Waals surface area contributed by atoms with Crippen LogP contribution in [-0.2, 0) is 30.9 Å². The minimum atomic E-state index is -3.87. The quantitative estimate of drug-likeness (QED) is 0.709. The van der Waals surface area contributed by atoms with E-state index in [-0.39, 0.29) is 48.4 Å². The zero-order chi connectivity index (χ0) is 22.9. The molecule has 0 radical (unpaired) electrons. The second-order valence-electron chi connectivity index (χ2n) is 8.08. The van der Waals surface area contributed by atoms with Crippen LogP contribution >= 0.6 is 0 Å². The first kappa shape index (κ1) is 22.3. The van der Waals surface area contributed by atoms with Crippen LogP contribution in [0.15, 0.2) is 47.4 Å². The molecule has 0 saturated heterocycles. The Bertz CT molecular complexity index is 1150. The molecule has 32 heavy (non-hydrogen) atoms. The number of carbonyl (C=O) groups is 2. The monoisotopic (exact) mass is 458 g/mol. The van der Waals surface area contributed by atoms with Crippen LogP contribution in [0.2, 0.25) is 0 Å². The highest BCUT2D eigenvalue weighted by Gasteiger charge is 2.37. The third-order valence-electron chi connectivity index (χ3n) is 5.94. The number of benzene rings is 2. The minimum absolute atomic E-state index is 0.0490. The van der Waals surface area contributed by atoms with Crippen LogP contribution in [0.4, 0.5) is 0 Å². The number of amides is 1. The van der Waals surface area contributed by atoms with E-state index in [0.29, 0.717) is 6.42 Å². The van der Waals surface area contributed by atoms with Gasteiger partial charge in [0.2, 0.25) is 15.9 Å². The predicted molar refractivity (Wildman–Crippen MR) is 116 cm³/mol. The number of hydrogen-bond acceptors (Lipinski definition) is 6. The normalized spacial score (nSPS) is 24.1. The summed E-state index contributed by atoms with van der Waals surface area (Å²) in [7, 11) is -2.29. The van der Waals surface area contributed by atoms with Crippen molar-refractivity contribution in [1.29, 1.82) is 0 Å². The Kier molecular flexibility index (Phi) is 6.21. The first-order chi connectivity index (χ1) is 15.3. The highest BCUT2D eigenvalue weighted by atomic mass is 32.2. The highest BCUT2D eigenvalue weighted by Crippen LogP contribution is 2.35. The SMILES string of the molecule is CNC(=O)CCC1CC(=O)OC2CN(Cc3cc1ccc3C)S(=O)(=O)c1ccccc1O2. The topological polar surface area (TPSA) is 102 Å². The molecule has 0 saturated carbocycles. The lowest BCUT2D eigenvalue weighted by Gasteiger charge is -2.23.